The van der Waals surface area contributed by atoms with E-state index < -0.39 is 24.2 Å². The van der Waals surface area contributed by atoms with Gasteiger partial charge in [0.2, 0.25) is 0 Å². The molecule has 1 heterocycles. The summed E-state index contributed by atoms with van der Waals surface area (Å²) in [6.45, 7) is 1.38. The average Bonchev–Trinajstić information content (AvgIpc) is 3.34. The molecule has 3 N–H and O–H groups in total. The first-order valence-electron chi connectivity index (χ1n) is 12.0. The Hall–Kier alpha value is -4.42. The third-order valence-electron chi connectivity index (χ3n) is 6.29. The van der Waals surface area contributed by atoms with Crippen LogP contribution in [0.1, 0.15) is 50.4 Å². The van der Waals surface area contributed by atoms with E-state index in [1.165, 1.54) is 12.1 Å². The van der Waals surface area contributed by atoms with Crippen molar-refractivity contribution in [2.24, 2.45) is 0 Å². The zero-order valence-electron chi connectivity index (χ0n) is 20.5. The summed E-state index contributed by atoms with van der Waals surface area (Å²) < 4.78 is 38.5. The van der Waals surface area contributed by atoms with Crippen molar-refractivity contribution in [2.45, 2.75) is 31.6 Å². The number of hydrogen-bond acceptors (Lipinski definition) is 4. The summed E-state index contributed by atoms with van der Waals surface area (Å²) >= 11 is 0. The minimum atomic E-state index is -4.55. The Balaban J connectivity index is 1.54. The quantitative estimate of drug-likeness (QED) is 0.256. The van der Waals surface area contributed by atoms with Crippen molar-refractivity contribution in [3.05, 3.63) is 107 Å². The highest BCUT2D eigenvalue weighted by atomic mass is 19.4. The lowest BCUT2D eigenvalue weighted by Crippen LogP contribution is -2.43. The third kappa shape index (κ3) is 6.10. The minimum absolute atomic E-state index is 0.0506. The van der Waals surface area contributed by atoms with Crippen LogP contribution in [0.25, 0.3) is 10.9 Å². The molecule has 2 atom stereocenters. The Morgan fingerprint density at radius 2 is 1.74 bits per heavy atom. The van der Waals surface area contributed by atoms with Gasteiger partial charge >= 0.3 is 6.18 Å². The van der Waals surface area contributed by atoms with E-state index in [1.807, 2.05) is 47.8 Å². The molecule has 9 heteroatoms. The van der Waals surface area contributed by atoms with Crippen LogP contribution in [-0.2, 0) is 6.42 Å². The molecule has 0 aliphatic carbocycles. The molecule has 4 rings (SSSR count). The molecule has 6 nitrogen and oxygen atoms in total. The zero-order chi connectivity index (χ0) is 27.3. The molecule has 0 saturated carbocycles. The number of hydrogen-bond donors (Lipinski definition) is 3. The predicted octanol–water partition coefficient (Wildman–Crippen LogP) is 5.48. The summed E-state index contributed by atoms with van der Waals surface area (Å²) in [4.78, 5) is 29.0. The van der Waals surface area contributed by atoms with E-state index in [4.69, 9.17) is 5.26 Å². The van der Waals surface area contributed by atoms with Crippen LogP contribution in [0.2, 0.25) is 0 Å². The molecule has 0 bridgehead atoms. The summed E-state index contributed by atoms with van der Waals surface area (Å²) in [5, 5.41) is 14.8. The maximum Gasteiger partial charge on any atom is 0.408 e. The summed E-state index contributed by atoms with van der Waals surface area (Å²) in [5.41, 5.74) is 3.29. The van der Waals surface area contributed by atoms with E-state index in [0.29, 0.717) is 35.0 Å². The standard InChI is InChI=1S/C29H25F3N4O2/c1-18(29(30,31)32)36-28(38)22-11-12-23-24(17-35-25(23)15-22)27(37)26(21-5-3-2-4-6-21)34-14-13-19-7-9-20(16-33)10-8-19/h2-12,15,17-18,26,34-35H,13-14H2,1H3,(H,36,38)/t18?,26-/m0/s1. The smallest absolute Gasteiger partial charge is 0.360 e. The molecule has 0 radical (unpaired) electrons. The van der Waals surface area contributed by atoms with Crippen LogP contribution in [0.4, 0.5) is 13.2 Å². The van der Waals surface area contributed by atoms with Gasteiger partial charge in [0.15, 0.2) is 5.78 Å². The van der Waals surface area contributed by atoms with Crippen molar-refractivity contribution in [3.8, 4) is 6.07 Å². The van der Waals surface area contributed by atoms with Gasteiger partial charge in [0, 0.05) is 34.8 Å². The van der Waals surface area contributed by atoms with Gasteiger partial charge in [-0.1, -0.05) is 48.5 Å². The van der Waals surface area contributed by atoms with Crippen molar-refractivity contribution in [2.75, 3.05) is 6.54 Å². The highest BCUT2D eigenvalue weighted by molar-refractivity contribution is 6.11. The molecule has 38 heavy (non-hydrogen) atoms. The van der Waals surface area contributed by atoms with Gasteiger partial charge in [-0.3, -0.25) is 9.59 Å². The number of aromatic nitrogens is 1. The molecule has 3 aromatic carbocycles. The normalized spacial score (nSPS) is 13.0. The Morgan fingerprint density at radius 1 is 1.03 bits per heavy atom. The number of ketones is 1. The van der Waals surface area contributed by atoms with Crippen LogP contribution in [0, 0.1) is 11.3 Å². The highest BCUT2D eigenvalue weighted by Crippen LogP contribution is 2.26. The van der Waals surface area contributed by atoms with Gasteiger partial charge in [0.05, 0.1) is 17.7 Å². The maximum atomic E-state index is 13.7. The molecule has 0 spiro atoms. The van der Waals surface area contributed by atoms with E-state index in [2.05, 4.69) is 16.4 Å². The number of amides is 1. The SMILES string of the molecule is CC(NC(=O)c1ccc2c(C(=O)[C@@H](NCCc3ccc(C#N)cc3)c3ccccc3)c[nH]c2c1)C(F)(F)F. The predicted molar refractivity (Wildman–Crippen MR) is 138 cm³/mol. The number of Topliss-reactive ketones (excluding diaryl/α,β-unsaturated/α-hetero) is 1. The molecule has 4 aromatic rings. The number of benzene rings is 3. The second-order valence-electron chi connectivity index (χ2n) is 8.92. The molecule has 0 saturated heterocycles. The zero-order valence-corrected chi connectivity index (χ0v) is 20.5. The number of rotatable bonds is 9. The molecule has 0 aliphatic heterocycles. The van der Waals surface area contributed by atoms with Crippen LogP contribution >= 0.6 is 0 Å². The Morgan fingerprint density at radius 3 is 2.39 bits per heavy atom. The Labute approximate surface area is 217 Å². The van der Waals surface area contributed by atoms with Gasteiger partial charge in [0.25, 0.3) is 5.91 Å². The largest absolute Gasteiger partial charge is 0.408 e. The minimum Gasteiger partial charge on any atom is -0.360 e. The average molecular weight is 519 g/mol. The summed E-state index contributed by atoms with van der Waals surface area (Å²) in [6.07, 6.45) is -2.36. The number of nitrogens with one attached hydrogen (secondary N) is 3. The van der Waals surface area contributed by atoms with E-state index in [0.717, 1.165) is 18.1 Å². The van der Waals surface area contributed by atoms with Crippen molar-refractivity contribution < 1.29 is 22.8 Å². The van der Waals surface area contributed by atoms with E-state index in [1.54, 1.807) is 24.4 Å². The molecular weight excluding hydrogens is 493 g/mol. The van der Waals surface area contributed by atoms with Crippen LogP contribution in [0.3, 0.4) is 0 Å². The first-order valence-corrected chi connectivity index (χ1v) is 12.0. The van der Waals surface area contributed by atoms with Gasteiger partial charge in [0.1, 0.15) is 6.04 Å². The summed E-state index contributed by atoms with van der Waals surface area (Å²) in [5.74, 6) is -1.05. The lowest BCUT2D eigenvalue weighted by Gasteiger charge is -2.18. The van der Waals surface area contributed by atoms with Crippen LogP contribution in [0.5, 0.6) is 0 Å². The number of fused-ring (bicyclic) bond motifs is 1. The van der Waals surface area contributed by atoms with Crippen molar-refractivity contribution >= 4 is 22.6 Å². The fraction of sp³-hybridized carbons (Fsp3) is 0.207. The number of nitriles is 1. The molecular formula is C29H25F3N4O2. The van der Waals surface area contributed by atoms with Crippen molar-refractivity contribution in [3.63, 3.8) is 0 Å². The number of H-pyrrole nitrogens is 1. The van der Waals surface area contributed by atoms with Crippen LogP contribution < -0.4 is 10.6 Å². The van der Waals surface area contributed by atoms with Gasteiger partial charge < -0.3 is 15.6 Å². The van der Waals surface area contributed by atoms with Crippen molar-refractivity contribution in [1.82, 2.24) is 15.6 Å². The topological polar surface area (TPSA) is 97.8 Å². The number of halogens is 3. The Kier molecular flexibility index (Phi) is 7.93. The molecule has 1 unspecified atom stereocenters. The number of carbonyl (C=O) groups excluding carboxylic acids is 2. The molecule has 194 valence electrons. The summed E-state index contributed by atoms with van der Waals surface area (Å²) in [6, 6.07) is 20.4. The van der Waals surface area contributed by atoms with E-state index in [-0.39, 0.29) is 11.3 Å². The van der Waals surface area contributed by atoms with Crippen LogP contribution in [0.15, 0.2) is 79.0 Å². The van der Waals surface area contributed by atoms with Crippen LogP contribution in [-0.4, -0.2) is 35.4 Å². The molecule has 0 aliphatic rings. The lowest BCUT2D eigenvalue weighted by atomic mass is 9.96. The summed E-state index contributed by atoms with van der Waals surface area (Å²) in [7, 11) is 0. The Bertz CT molecular complexity index is 1470. The lowest BCUT2D eigenvalue weighted by molar-refractivity contribution is -0.149. The number of carbonyl (C=O) groups is 2. The second kappa shape index (κ2) is 11.3. The first-order chi connectivity index (χ1) is 18.2. The van der Waals surface area contributed by atoms with Gasteiger partial charge in [-0.25, -0.2) is 0 Å². The second-order valence-corrected chi connectivity index (χ2v) is 8.92. The number of aromatic amines is 1. The van der Waals surface area contributed by atoms with Gasteiger partial charge in [-0.2, -0.15) is 18.4 Å². The van der Waals surface area contributed by atoms with Gasteiger partial charge in [-0.15, -0.1) is 0 Å². The molecule has 0 fully saturated rings. The fourth-order valence-corrected chi connectivity index (χ4v) is 4.10. The fourth-order valence-electron chi connectivity index (χ4n) is 4.10. The maximum absolute atomic E-state index is 13.7. The van der Waals surface area contributed by atoms with Gasteiger partial charge in [-0.05, 0) is 48.7 Å². The first kappa shape index (κ1) is 26.6. The molecule has 1 amide bonds. The van der Waals surface area contributed by atoms with E-state index >= 15 is 0 Å². The number of alkyl halides is 3. The van der Waals surface area contributed by atoms with Crippen molar-refractivity contribution in [1.29, 1.82) is 5.26 Å². The highest BCUT2D eigenvalue weighted by Gasteiger charge is 2.37. The monoisotopic (exact) mass is 518 g/mol. The molecule has 1 aromatic heterocycles. The van der Waals surface area contributed by atoms with E-state index in [9.17, 15) is 22.8 Å². The third-order valence-corrected chi connectivity index (χ3v) is 6.29. The number of nitrogens with zero attached hydrogens (tertiary/aromatic N) is 1.